The van der Waals surface area contributed by atoms with Gasteiger partial charge in [0.05, 0.1) is 19.1 Å². The standard InChI is InChI=1S/C12H10.C5H13O2P/c1-3-7-11(8-4-1)12-9-5-2-6-10-12;1-5(8)7-4-3-6-2/h1-10H;5H,3-4,8H2,1-2H3. The third-order valence-corrected chi connectivity index (χ3v) is 2.74. The van der Waals surface area contributed by atoms with Gasteiger partial charge in [0, 0.05) is 7.11 Å². The quantitative estimate of drug-likeness (QED) is 0.606. The van der Waals surface area contributed by atoms with E-state index in [2.05, 4.69) is 57.8 Å². The van der Waals surface area contributed by atoms with Gasteiger partial charge in [0.2, 0.25) is 0 Å². The Kier molecular flexibility index (Phi) is 8.90. The van der Waals surface area contributed by atoms with Gasteiger partial charge in [0.15, 0.2) is 0 Å². The number of methoxy groups -OCH3 is 1. The summed E-state index contributed by atoms with van der Waals surface area (Å²) in [7, 11) is 4.21. The molecule has 0 aliphatic heterocycles. The summed E-state index contributed by atoms with van der Waals surface area (Å²) in [5, 5.41) is 0. The van der Waals surface area contributed by atoms with Crippen LogP contribution in [0.5, 0.6) is 0 Å². The van der Waals surface area contributed by atoms with Gasteiger partial charge in [-0.05, 0) is 18.1 Å². The number of ether oxygens (including phenoxy) is 2. The van der Waals surface area contributed by atoms with Gasteiger partial charge in [-0.1, -0.05) is 60.7 Å². The molecule has 2 nitrogen and oxygen atoms in total. The van der Waals surface area contributed by atoms with E-state index < -0.39 is 0 Å². The van der Waals surface area contributed by atoms with Crippen LogP contribution in [0.25, 0.3) is 11.1 Å². The second kappa shape index (κ2) is 10.6. The summed E-state index contributed by atoms with van der Waals surface area (Å²) in [6.45, 7) is 3.33. The van der Waals surface area contributed by atoms with E-state index in [0.29, 0.717) is 13.2 Å². The topological polar surface area (TPSA) is 18.5 Å². The lowest BCUT2D eigenvalue weighted by atomic mass is 10.1. The highest BCUT2D eigenvalue weighted by Crippen LogP contribution is 2.17. The van der Waals surface area contributed by atoms with E-state index in [1.54, 1.807) is 7.11 Å². The average molecular weight is 290 g/mol. The van der Waals surface area contributed by atoms with Crippen LogP contribution in [0.2, 0.25) is 0 Å². The first-order valence-electron chi connectivity index (χ1n) is 6.70. The number of hydrogen-bond acceptors (Lipinski definition) is 2. The van der Waals surface area contributed by atoms with Gasteiger partial charge < -0.3 is 9.47 Å². The van der Waals surface area contributed by atoms with E-state index >= 15 is 0 Å². The minimum absolute atomic E-state index is 0.241. The summed E-state index contributed by atoms with van der Waals surface area (Å²) in [6, 6.07) is 20.8. The Hall–Kier alpha value is -1.21. The van der Waals surface area contributed by atoms with E-state index in [-0.39, 0.29) is 5.85 Å². The molecule has 0 amide bonds. The molecule has 0 aliphatic carbocycles. The maximum Gasteiger partial charge on any atom is 0.0708 e. The van der Waals surface area contributed by atoms with Gasteiger partial charge in [-0.25, -0.2) is 0 Å². The van der Waals surface area contributed by atoms with Crippen LogP contribution in [-0.4, -0.2) is 26.2 Å². The second-order valence-corrected chi connectivity index (χ2v) is 5.24. The van der Waals surface area contributed by atoms with Crippen molar-refractivity contribution >= 4 is 9.24 Å². The van der Waals surface area contributed by atoms with Gasteiger partial charge in [0.1, 0.15) is 0 Å². The molecule has 2 aromatic carbocycles. The highest BCUT2D eigenvalue weighted by atomic mass is 31.0. The van der Waals surface area contributed by atoms with Gasteiger partial charge in [-0.15, -0.1) is 9.24 Å². The van der Waals surface area contributed by atoms with E-state index in [0.717, 1.165) is 0 Å². The molecule has 3 heteroatoms. The van der Waals surface area contributed by atoms with Crippen LogP contribution in [0.4, 0.5) is 0 Å². The lowest BCUT2D eigenvalue weighted by Crippen LogP contribution is -2.05. The molecule has 0 N–H and O–H groups in total. The fraction of sp³-hybridized carbons (Fsp3) is 0.294. The third-order valence-electron chi connectivity index (χ3n) is 2.55. The third kappa shape index (κ3) is 7.40. The van der Waals surface area contributed by atoms with Crippen LogP contribution >= 0.6 is 9.24 Å². The van der Waals surface area contributed by atoms with E-state index in [9.17, 15) is 0 Å². The van der Waals surface area contributed by atoms with Crippen molar-refractivity contribution in [3.63, 3.8) is 0 Å². The van der Waals surface area contributed by atoms with Crippen molar-refractivity contribution in [2.24, 2.45) is 0 Å². The summed E-state index contributed by atoms with van der Waals surface area (Å²) in [5.74, 6) is 0.241. The predicted octanol–water partition coefficient (Wildman–Crippen LogP) is 4.22. The van der Waals surface area contributed by atoms with Crippen molar-refractivity contribution in [3.05, 3.63) is 60.7 Å². The molecule has 108 valence electrons. The van der Waals surface area contributed by atoms with Gasteiger partial charge >= 0.3 is 0 Å². The smallest absolute Gasteiger partial charge is 0.0708 e. The largest absolute Gasteiger partial charge is 0.382 e. The minimum Gasteiger partial charge on any atom is -0.382 e. The van der Waals surface area contributed by atoms with Crippen molar-refractivity contribution in [1.29, 1.82) is 0 Å². The summed E-state index contributed by atoms with van der Waals surface area (Å²) in [6.07, 6.45) is 0. The lowest BCUT2D eigenvalue weighted by Gasteiger charge is -2.04. The molecule has 0 radical (unpaired) electrons. The van der Waals surface area contributed by atoms with Gasteiger partial charge in [0.25, 0.3) is 0 Å². The zero-order valence-electron chi connectivity index (χ0n) is 12.2. The maximum absolute atomic E-state index is 5.12. The molecule has 0 spiro atoms. The van der Waals surface area contributed by atoms with Crippen molar-refractivity contribution in [2.45, 2.75) is 12.8 Å². The van der Waals surface area contributed by atoms with Crippen LogP contribution in [0.3, 0.4) is 0 Å². The fourth-order valence-electron chi connectivity index (χ4n) is 1.58. The molecule has 2 atom stereocenters. The van der Waals surface area contributed by atoms with Crippen molar-refractivity contribution in [2.75, 3.05) is 20.3 Å². The van der Waals surface area contributed by atoms with Gasteiger partial charge in [-0.2, -0.15) is 0 Å². The summed E-state index contributed by atoms with van der Waals surface area (Å²) >= 11 is 0. The highest BCUT2D eigenvalue weighted by Gasteiger charge is 1.91. The highest BCUT2D eigenvalue weighted by molar-refractivity contribution is 7.17. The zero-order chi connectivity index (χ0) is 14.6. The Labute approximate surface area is 124 Å². The van der Waals surface area contributed by atoms with Crippen molar-refractivity contribution in [1.82, 2.24) is 0 Å². The number of hydrogen-bond donors (Lipinski definition) is 0. The van der Waals surface area contributed by atoms with E-state index in [4.69, 9.17) is 9.47 Å². The van der Waals surface area contributed by atoms with Crippen LogP contribution in [0.15, 0.2) is 60.7 Å². The Balaban J connectivity index is 0.000000221. The monoisotopic (exact) mass is 290 g/mol. The van der Waals surface area contributed by atoms with Crippen molar-refractivity contribution in [3.8, 4) is 11.1 Å². The second-order valence-electron chi connectivity index (χ2n) is 4.30. The Morgan fingerprint density at radius 2 is 1.30 bits per heavy atom. The first-order valence-corrected chi connectivity index (χ1v) is 7.37. The fourth-order valence-corrected chi connectivity index (χ4v) is 1.71. The van der Waals surface area contributed by atoms with Gasteiger partial charge in [-0.3, -0.25) is 0 Å². The molecule has 0 saturated carbocycles. The first-order chi connectivity index (χ1) is 9.74. The lowest BCUT2D eigenvalue weighted by molar-refractivity contribution is 0.0636. The van der Waals surface area contributed by atoms with Crippen LogP contribution in [0, 0.1) is 0 Å². The number of benzene rings is 2. The van der Waals surface area contributed by atoms with Crippen LogP contribution < -0.4 is 0 Å². The normalized spacial score (nSPS) is 11.3. The molecule has 2 rings (SSSR count). The first kappa shape index (κ1) is 16.8. The Bertz CT molecular complexity index is 406. The summed E-state index contributed by atoms with van der Waals surface area (Å²) in [4.78, 5) is 0. The minimum atomic E-state index is 0.241. The SMILES string of the molecule is COCCOC(C)P.c1ccc(-c2ccccc2)cc1. The summed E-state index contributed by atoms with van der Waals surface area (Å²) < 4.78 is 9.88. The van der Waals surface area contributed by atoms with Crippen molar-refractivity contribution < 1.29 is 9.47 Å². The Morgan fingerprint density at radius 3 is 1.65 bits per heavy atom. The molecule has 0 fully saturated rings. The molecule has 2 aromatic rings. The Morgan fingerprint density at radius 1 is 0.850 bits per heavy atom. The summed E-state index contributed by atoms with van der Waals surface area (Å²) in [5.41, 5.74) is 2.55. The molecule has 0 aliphatic rings. The molecule has 2 unspecified atom stereocenters. The number of rotatable bonds is 5. The van der Waals surface area contributed by atoms with E-state index in [1.807, 2.05) is 19.1 Å². The average Bonchev–Trinajstić information content (AvgIpc) is 2.50. The molecule has 0 aromatic heterocycles. The molecular weight excluding hydrogens is 267 g/mol. The molecule has 20 heavy (non-hydrogen) atoms. The van der Waals surface area contributed by atoms with Crippen LogP contribution in [-0.2, 0) is 9.47 Å². The van der Waals surface area contributed by atoms with Crippen LogP contribution in [0.1, 0.15) is 6.92 Å². The zero-order valence-corrected chi connectivity index (χ0v) is 13.3. The maximum atomic E-state index is 5.12. The predicted molar refractivity (Wildman–Crippen MR) is 88.9 cm³/mol. The molecule has 0 bridgehead atoms. The molecule has 0 saturated heterocycles. The molecule has 0 heterocycles. The molecular formula is C17H23O2P. The van der Waals surface area contributed by atoms with E-state index in [1.165, 1.54) is 11.1 Å².